The molecule has 3 N–H and O–H groups in total. The summed E-state index contributed by atoms with van der Waals surface area (Å²) in [4.78, 5) is 38.9. The van der Waals surface area contributed by atoms with Crippen LogP contribution < -0.4 is 16.0 Å². The fourth-order valence-corrected chi connectivity index (χ4v) is 3.59. The molecule has 3 rings (SSSR count). The molecule has 0 bridgehead atoms. The van der Waals surface area contributed by atoms with Crippen molar-refractivity contribution in [3.63, 3.8) is 0 Å². The van der Waals surface area contributed by atoms with Crippen molar-refractivity contribution in [2.24, 2.45) is 5.92 Å². The molecule has 7 nitrogen and oxygen atoms in total. The van der Waals surface area contributed by atoms with Crippen LogP contribution in [-0.4, -0.2) is 48.8 Å². The highest BCUT2D eigenvalue weighted by molar-refractivity contribution is 5.97. The maximum Gasteiger partial charge on any atom is 0.253 e. The zero-order valence-electron chi connectivity index (χ0n) is 18.8. The number of rotatable bonds is 8. The van der Waals surface area contributed by atoms with Crippen LogP contribution in [0.25, 0.3) is 0 Å². The number of hydrogen-bond donors (Lipinski definition) is 3. The molecule has 0 atom stereocenters. The van der Waals surface area contributed by atoms with E-state index in [0.717, 1.165) is 38.0 Å². The van der Waals surface area contributed by atoms with Gasteiger partial charge in [-0.05, 0) is 67.6 Å². The SMILES string of the molecule is CCCNC(=O)c1ccc(NC(=O)CNc2cccc(C(=O)N3CCC(C)CC3)c2)cc1. The minimum atomic E-state index is -0.213. The summed E-state index contributed by atoms with van der Waals surface area (Å²) in [7, 11) is 0. The van der Waals surface area contributed by atoms with Crippen LogP contribution >= 0.6 is 0 Å². The van der Waals surface area contributed by atoms with E-state index < -0.39 is 0 Å². The third-order valence-corrected chi connectivity index (χ3v) is 5.60. The van der Waals surface area contributed by atoms with Gasteiger partial charge in [-0.15, -0.1) is 0 Å². The van der Waals surface area contributed by atoms with Crippen LogP contribution in [0.4, 0.5) is 11.4 Å². The van der Waals surface area contributed by atoms with E-state index in [0.29, 0.717) is 29.3 Å². The smallest absolute Gasteiger partial charge is 0.253 e. The summed E-state index contributed by atoms with van der Waals surface area (Å²) in [6.07, 6.45) is 2.95. The lowest BCUT2D eigenvalue weighted by atomic mass is 9.98. The van der Waals surface area contributed by atoms with Crippen molar-refractivity contribution < 1.29 is 14.4 Å². The first-order valence-corrected chi connectivity index (χ1v) is 11.3. The van der Waals surface area contributed by atoms with Crippen molar-refractivity contribution in [1.29, 1.82) is 0 Å². The average Bonchev–Trinajstić information content (AvgIpc) is 2.82. The number of amides is 3. The molecule has 0 aromatic heterocycles. The lowest BCUT2D eigenvalue weighted by Crippen LogP contribution is -2.37. The van der Waals surface area contributed by atoms with Gasteiger partial charge in [-0.2, -0.15) is 0 Å². The Morgan fingerprint density at radius 1 is 0.969 bits per heavy atom. The molecule has 32 heavy (non-hydrogen) atoms. The fourth-order valence-electron chi connectivity index (χ4n) is 3.59. The predicted molar refractivity (Wildman–Crippen MR) is 127 cm³/mol. The summed E-state index contributed by atoms with van der Waals surface area (Å²) in [5.41, 5.74) is 2.52. The van der Waals surface area contributed by atoms with Gasteiger partial charge in [0.2, 0.25) is 5.91 Å². The Hall–Kier alpha value is -3.35. The van der Waals surface area contributed by atoms with Crippen molar-refractivity contribution in [2.45, 2.75) is 33.1 Å². The van der Waals surface area contributed by atoms with E-state index >= 15 is 0 Å². The van der Waals surface area contributed by atoms with Crippen LogP contribution in [0, 0.1) is 5.92 Å². The van der Waals surface area contributed by atoms with Gasteiger partial charge in [-0.25, -0.2) is 0 Å². The molecular weight excluding hydrogens is 404 g/mol. The van der Waals surface area contributed by atoms with Gasteiger partial charge in [0.1, 0.15) is 0 Å². The van der Waals surface area contributed by atoms with E-state index in [-0.39, 0.29) is 24.3 Å². The monoisotopic (exact) mass is 436 g/mol. The molecular formula is C25H32N4O3. The second kappa shape index (κ2) is 11.3. The van der Waals surface area contributed by atoms with Gasteiger partial charge in [-0.1, -0.05) is 19.9 Å². The molecule has 2 aromatic rings. The number of likely N-dealkylation sites (tertiary alicyclic amines) is 1. The summed E-state index contributed by atoms with van der Waals surface area (Å²) >= 11 is 0. The molecule has 0 aliphatic carbocycles. The zero-order valence-corrected chi connectivity index (χ0v) is 18.8. The zero-order chi connectivity index (χ0) is 22.9. The lowest BCUT2D eigenvalue weighted by Gasteiger charge is -2.30. The highest BCUT2D eigenvalue weighted by Crippen LogP contribution is 2.19. The number of nitrogens with one attached hydrogen (secondary N) is 3. The molecule has 1 aliphatic rings. The summed E-state index contributed by atoms with van der Waals surface area (Å²) in [6, 6.07) is 14.0. The van der Waals surface area contributed by atoms with Crippen molar-refractivity contribution in [3.8, 4) is 0 Å². The highest BCUT2D eigenvalue weighted by atomic mass is 16.2. The quantitative estimate of drug-likeness (QED) is 0.588. The molecule has 1 heterocycles. The van der Waals surface area contributed by atoms with Crippen LogP contribution in [0.2, 0.25) is 0 Å². The number of carbonyl (C=O) groups is 3. The molecule has 2 aromatic carbocycles. The van der Waals surface area contributed by atoms with Crippen LogP contribution in [0.1, 0.15) is 53.8 Å². The van der Waals surface area contributed by atoms with Crippen molar-refractivity contribution in [1.82, 2.24) is 10.2 Å². The number of nitrogens with zero attached hydrogens (tertiary/aromatic N) is 1. The number of carbonyl (C=O) groups excluding carboxylic acids is 3. The Labute approximate surface area is 189 Å². The Morgan fingerprint density at radius 3 is 2.38 bits per heavy atom. The van der Waals surface area contributed by atoms with E-state index in [1.54, 1.807) is 30.3 Å². The third kappa shape index (κ3) is 6.57. The summed E-state index contributed by atoms with van der Waals surface area (Å²) in [5, 5.41) is 8.70. The minimum Gasteiger partial charge on any atom is -0.376 e. The molecule has 170 valence electrons. The van der Waals surface area contributed by atoms with Crippen LogP contribution in [0.3, 0.4) is 0 Å². The summed E-state index contributed by atoms with van der Waals surface area (Å²) < 4.78 is 0. The second-order valence-corrected chi connectivity index (χ2v) is 8.29. The molecule has 0 radical (unpaired) electrons. The minimum absolute atomic E-state index is 0.0352. The van der Waals surface area contributed by atoms with Crippen molar-refractivity contribution >= 4 is 29.1 Å². The molecule has 7 heteroatoms. The van der Waals surface area contributed by atoms with E-state index in [1.807, 2.05) is 30.0 Å². The van der Waals surface area contributed by atoms with Crippen molar-refractivity contribution in [3.05, 3.63) is 59.7 Å². The normalized spacial score (nSPS) is 14.0. The molecule has 0 saturated carbocycles. The first kappa shape index (κ1) is 23.3. The van der Waals surface area contributed by atoms with Gasteiger partial charge < -0.3 is 20.9 Å². The molecule has 1 aliphatic heterocycles. The summed E-state index contributed by atoms with van der Waals surface area (Å²) in [6.45, 7) is 6.50. The molecule has 1 fully saturated rings. The molecule has 1 saturated heterocycles. The Kier molecular flexibility index (Phi) is 8.25. The van der Waals surface area contributed by atoms with E-state index in [9.17, 15) is 14.4 Å². The Bertz CT molecular complexity index is 934. The summed E-state index contributed by atoms with van der Waals surface area (Å²) in [5.74, 6) is 0.364. The molecule has 3 amide bonds. The number of hydrogen-bond acceptors (Lipinski definition) is 4. The van der Waals surface area contributed by atoms with Gasteiger partial charge in [0, 0.05) is 42.1 Å². The van der Waals surface area contributed by atoms with E-state index in [1.165, 1.54) is 0 Å². The van der Waals surface area contributed by atoms with Gasteiger partial charge in [0.15, 0.2) is 0 Å². The maximum atomic E-state index is 12.8. The maximum absolute atomic E-state index is 12.8. The third-order valence-electron chi connectivity index (χ3n) is 5.60. The van der Waals surface area contributed by atoms with Gasteiger partial charge in [-0.3, -0.25) is 14.4 Å². The van der Waals surface area contributed by atoms with Crippen LogP contribution in [0.15, 0.2) is 48.5 Å². The van der Waals surface area contributed by atoms with Crippen molar-refractivity contribution in [2.75, 3.05) is 36.8 Å². The van der Waals surface area contributed by atoms with Gasteiger partial charge >= 0.3 is 0 Å². The van der Waals surface area contributed by atoms with Crippen LogP contribution in [-0.2, 0) is 4.79 Å². The van der Waals surface area contributed by atoms with Gasteiger partial charge in [0.05, 0.1) is 6.54 Å². The lowest BCUT2D eigenvalue weighted by molar-refractivity contribution is -0.114. The van der Waals surface area contributed by atoms with E-state index in [2.05, 4.69) is 22.9 Å². The first-order chi connectivity index (χ1) is 15.5. The van der Waals surface area contributed by atoms with E-state index in [4.69, 9.17) is 0 Å². The fraction of sp³-hybridized carbons (Fsp3) is 0.400. The topological polar surface area (TPSA) is 90.5 Å². The number of anilines is 2. The highest BCUT2D eigenvalue weighted by Gasteiger charge is 2.21. The van der Waals surface area contributed by atoms with Gasteiger partial charge in [0.25, 0.3) is 11.8 Å². The predicted octanol–water partition coefficient (Wildman–Crippen LogP) is 3.75. The Balaban J connectivity index is 1.50. The van der Waals surface area contributed by atoms with Crippen LogP contribution in [0.5, 0.6) is 0 Å². The molecule has 0 unspecified atom stereocenters. The Morgan fingerprint density at radius 2 is 1.69 bits per heavy atom. The number of benzene rings is 2. The molecule has 0 spiro atoms. The second-order valence-electron chi connectivity index (χ2n) is 8.29. The number of piperidine rings is 1. The first-order valence-electron chi connectivity index (χ1n) is 11.3. The average molecular weight is 437 g/mol. The standard InChI is InChI=1S/C25H32N4O3/c1-3-13-26-24(31)19-7-9-21(10-8-19)28-23(30)17-27-22-6-4-5-20(16-22)25(32)29-14-11-18(2)12-15-29/h4-10,16,18,27H,3,11-15,17H2,1-2H3,(H,26,31)(H,28,30). The largest absolute Gasteiger partial charge is 0.376 e.